The van der Waals surface area contributed by atoms with E-state index in [1.807, 2.05) is 30.6 Å². The number of rotatable bonds is 4. The Hall–Kier alpha value is -4.10. The second-order valence-corrected chi connectivity index (χ2v) is 15.0. The second kappa shape index (κ2) is 14.1. The molecule has 2 spiro atoms. The quantitative estimate of drug-likeness (QED) is 0.343. The molecule has 4 saturated heterocycles. The summed E-state index contributed by atoms with van der Waals surface area (Å²) in [5.74, 6) is 5.90. The first-order valence-corrected chi connectivity index (χ1v) is 18.7. The maximum atomic E-state index is 13.3. The minimum atomic E-state index is -1.48. The van der Waals surface area contributed by atoms with Crippen molar-refractivity contribution in [2.45, 2.75) is 104 Å². The Morgan fingerprint density at radius 2 is 1.39 bits per heavy atom. The van der Waals surface area contributed by atoms with Gasteiger partial charge in [-0.3, -0.25) is 9.80 Å². The van der Waals surface area contributed by atoms with Crippen LogP contribution in [0.3, 0.4) is 0 Å². The van der Waals surface area contributed by atoms with E-state index in [1.165, 1.54) is 22.3 Å². The molecule has 9 nitrogen and oxygen atoms in total. The summed E-state index contributed by atoms with van der Waals surface area (Å²) in [5.41, 5.74) is 8.12. The number of urea groups is 2. The number of amides is 4. The van der Waals surface area contributed by atoms with Crippen LogP contribution in [-0.2, 0) is 13.1 Å². The van der Waals surface area contributed by atoms with Crippen LogP contribution < -0.4 is 10.6 Å². The molecule has 5 aliphatic rings. The van der Waals surface area contributed by atoms with Gasteiger partial charge in [-0.1, -0.05) is 53.6 Å². The van der Waals surface area contributed by atoms with Crippen molar-refractivity contribution < 1.29 is 14.7 Å². The molecule has 2 aromatic carbocycles. The molecule has 1 atom stereocenters. The maximum absolute atomic E-state index is 13.3. The SMILES string of the molecule is C=C1C=C2N(Cc3cc(C)cc(C)c31)C(=O)N(CC)C21CCNCC1.CC#CC1(O)N(Cc2cc(C)cc(C)c2)C(=O)N(CC)C12CCNCC2. The van der Waals surface area contributed by atoms with Gasteiger partial charge in [-0.05, 0) is 140 Å². The van der Waals surface area contributed by atoms with Crippen LogP contribution in [0, 0.1) is 39.5 Å². The van der Waals surface area contributed by atoms with Crippen LogP contribution in [0.1, 0.15) is 85.4 Å². The van der Waals surface area contributed by atoms with Crippen molar-refractivity contribution in [1.29, 1.82) is 0 Å². The third-order valence-corrected chi connectivity index (χ3v) is 11.7. The zero-order valence-electron chi connectivity index (χ0n) is 31.7. The van der Waals surface area contributed by atoms with E-state index < -0.39 is 11.3 Å². The van der Waals surface area contributed by atoms with E-state index in [9.17, 15) is 14.7 Å². The molecule has 0 bridgehead atoms. The molecule has 5 aliphatic heterocycles. The average molecular weight is 693 g/mol. The number of hydrogen-bond donors (Lipinski definition) is 3. The number of piperidine rings is 2. The number of carbonyl (C=O) groups is 2. The first kappa shape index (κ1) is 36.7. The van der Waals surface area contributed by atoms with E-state index in [-0.39, 0.29) is 17.6 Å². The molecule has 0 radical (unpaired) electrons. The summed E-state index contributed by atoms with van der Waals surface area (Å²) in [6.45, 7) is 24.3. The van der Waals surface area contributed by atoms with Gasteiger partial charge in [0.15, 0.2) is 0 Å². The fourth-order valence-corrected chi connectivity index (χ4v) is 9.72. The maximum Gasteiger partial charge on any atom is 0.325 e. The summed E-state index contributed by atoms with van der Waals surface area (Å²) in [5, 5.41) is 18.5. The molecule has 51 heavy (non-hydrogen) atoms. The highest BCUT2D eigenvalue weighted by Crippen LogP contribution is 2.48. The van der Waals surface area contributed by atoms with E-state index >= 15 is 0 Å². The molecule has 4 fully saturated rings. The van der Waals surface area contributed by atoms with Crippen LogP contribution >= 0.6 is 0 Å². The fourth-order valence-electron chi connectivity index (χ4n) is 9.72. The Morgan fingerprint density at radius 3 is 1.98 bits per heavy atom. The Balaban J connectivity index is 0.000000176. The third kappa shape index (κ3) is 6.05. The Kier molecular flexibility index (Phi) is 10.2. The van der Waals surface area contributed by atoms with Crippen molar-refractivity contribution in [3.8, 4) is 11.8 Å². The monoisotopic (exact) mass is 692 g/mol. The van der Waals surface area contributed by atoms with Crippen LogP contribution in [0.5, 0.6) is 0 Å². The van der Waals surface area contributed by atoms with Gasteiger partial charge in [0.1, 0.15) is 5.54 Å². The van der Waals surface area contributed by atoms with Crippen molar-refractivity contribution in [3.05, 3.63) is 87.6 Å². The molecule has 3 N–H and O–H groups in total. The Morgan fingerprint density at radius 1 is 0.804 bits per heavy atom. The number of hydrogen-bond acceptors (Lipinski definition) is 5. The second-order valence-electron chi connectivity index (χ2n) is 15.0. The van der Waals surface area contributed by atoms with Gasteiger partial charge < -0.3 is 25.5 Å². The van der Waals surface area contributed by atoms with Gasteiger partial charge in [-0.25, -0.2) is 9.59 Å². The van der Waals surface area contributed by atoms with E-state index in [1.54, 1.807) is 11.8 Å². The van der Waals surface area contributed by atoms with Crippen molar-refractivity contribution in [2.24, 2.45) is 0 Å². The van der Waals surface area contributed by atoms with Gasteiger partial charge in [0.2, 0.25) is 5.72 Å². The zero-order chi connectivity index (χ0) is 36.7. The number of aliphatic hydroxyl groups is 1. The summed E-state index contributed by atoms with van der Waals surface area (Å²) in [7, 11) is 0. The molecule has 1 unspecified atom stereocenters. The summed E-state index contributed by atoms with van der Waals surface area (Å²) < 4.78 is 0. The highest BCUT2D eigenvalue weighted by molar-refractivity contribution is 5.87. The van der Waals surface area contributed by atoms with Gasteiger partial charge in [0.05, 0.1) is 18.6 Å². The first-order chi connectivity index (χ1) is 24.4. The lowest BCUT2D eigenvalue weighted by atomic mass is 9.78. The average Bonchev–Trinajstić information content (AvgIpc) is 3.27. The van der Waals surface area contributed by atoms with Crippen LogP contribution in [0.15, 0.2) is 48.7 Å². The molecular weight excluding hydrogens is 637 g/mol. The smallest absolute Gasteiger partial charge is 0.325 e. The number of aryl methyl sites for hydroxylation is 4. The predicted molar refractivity (Wildman–Crippen MR) is 204 cm³/mol. The molecular formula is C42H56N6O3. The Bertz CT molecular complexity index is 1790. The van der Waals surface area contributed by atoms with Crippen molar-refractivity contribution in [3.63, 3.8) is 0 Å². The highest BCUT2D eigenvalue weighted by Gasteiger charge is 2.65. The minimum absolute atomic E-state index is 0.126. The number of nitrogens with one attached hydrogen (secondary N) is 2. The first-order valence-electron chi connectivity index (χ1n) is 18.7. The van der Waals surface area contributed by atoms with E-state index in [0.717, 1.165) is 73.5 Å². The minimum Gasteiger partial charge on any atom is -0.359 e. The number of allylic oxidation sites excluding steroid dienone is 2. The lowest BCUT2D eigenvalue weighted by Gasteiger charge is -2.46. The Labute approximate surface area is 304 Å². The number of nitrogens with zero attached hydrogens (tertiary/aromatic N) is 4. The molecule has 0 saturated carbocycles. The molecule has 0 aromatic heterocycles. The molecule has 272 valence electrons. The van der Waals surface area contributed by atoms with Crippen LogP contribution in [0.4, 0.5) is 9.59 Å². The largest absolute Gasteiger partial charge is 0.359 e. The van der Waals surface area contributed by atoms with Gasteiger partial charge in [0.25, 0.3) is 0 Å². The predicted octanol–water partition coefficient (Wildman–Crippen LogP) is 5.99. The summed E-state index contributed by atoms with van der Waals surface area (Å²) >= 11 is 0. The van der Waals surface area contributed by atoms with Crippen molar-refractivity contribution in [1.82, 2.24) is 30.2 Å². The number of benzene rings is 2. The molecule has 9 heteroatoms. The van der Waals surface area contributed by atoms with E-state index in [2.05, 4.69) is 91.1 Å². The van der Waals surface area contributed by atoms with E-state index in [4.69, 9.17) is 0 Å². The fraction of sp³-hybridized carbons (Fsp3) is 0.524. The van der Waals surface area contributed by atoms with Gasteiger partial charge >= 0.3 is 12.1 Å². The molecule has 0 aliphatic carbocycles. The highest BCUT2D eigenvalue weighted by atomic mass is 16.3. The van der Waals surface area contributed by atoms with Gasteiger partial charge in [-0.2, -0.15) is 0 Å². The topological polar surface area (TPSA) is 91.4 Å². The lowest BCUT2D eigenvalue weighted by molar-refractivity contribution is -0.0985. The zero-order valence-corrected chi connectivity index (χ0v) is 31.7. The number of fused-ring (bicyclic) bond motifs is 3. The van der Waals surface area contributed by atoms with Gasteiger partial charge in [0, 0.05) is 18.8 Å². The standard InChI is InChI=1S/C21H29N3O2.C21H27N3O/c1-5-7-21(26)20(8-10-22-11-9-20)23(6-2)19(25)24(21)15-18-13-16(3)12-17(4)14-18;1-5-24-20(25)23-13-17-11-14(2)10-15(3)19(17)16(4)12-18(23)21(24)6-8-22-9-7-21/h12-14,22,26H,6,8-11,15H2,1-4H3;10-12,22H,4-9,13H2,1-3H3. The molecule has 7 rings (SSSR count). The molecule has 2 aromatic rings. The van der Waals surface area contributed by atoms with Crippen LogP contribution in [0.25, 0.3) is 5.57 Å². The van der Waals surface area contributed by atoms with E-state index in [0.29, 0.717) is 32.5 Å². The summed E-state index contributed by atoms with van der Waals surface area (Å²) in [4.78, 5) is 34.0. The van der Waals surface area contributed by atoms with Crippen molar-refractivity contribution in [2.75, 3.05) is 39.3 Å². The molecule has 4 amide bonds. The normalized spacial score (nSPS) is 23.4. The summed E-state index contributed by atoms with van der Waals surface area (Å²) in [6.07, 6.45) is 5.52. The molecule has 5 heterocycles. The van der Waals surface area contributed by atoms with Crippen LogP contribution in [0.2, 0.25) is 0 Å². The third-order valence-electron chi connectivity index (χ3n) is 11.7. The lowest BCUT2D eigenvalue weighted by Crippen LogP contribution is -2.64. The van der Waals surface area contributed by atoms with Crippen LogP contribution in [-0.4, -0.2) is 92.8 Å². The van der Waals surface area contributed by atoms with Gasteiger partial charge in [-0.15, -0.1) is 5.92 Å². The number of carbonyl (C=O) groups excluding carboxylic acids is 2. The summed E-state index contributed by atoms with van der Waals surface area (Å²) in [6, 6.07) is 10.7. The number of likely N-dealkylation sites (N-methyl/N-ethyl adjacent to an activating group) is 2. The van der Waals surface area contributed by atoms with Crippen molar-refractivity contribution >= 4 is 17.6 Å².